The Balaban J connectivity index is 3.25. The molecule has 0 saturated heterocycles. The molecule has 0 aromatic carbocycles. The van der Waals surface area contributed by atoms with E-state index in [2.05, 4.69) is 10.0 Å². The molecule has 0 aromatic heterocycles. The van der Waals surface area contributed by atoms with E-state index in [4.69, 9.17) is 15.7 Å². The predicted molar refractivity (Wildman–Crippen MR) is 31.7 cm³/mol. The second-order valence-electron chi connectivity index (χ2n) is 1.58. The lowest BCUT2D eigenvalue weighted by atomic mass is 10.3. The fourth-order valence-corrected chi connectivity index (χ4v) is 0.371. The zero-order valence-corrected chi connectivity index (χ0v) is 4.93. The Morgan fingerprint density at radius 2 is 2.33 bits per heavy atom. The van der Waals surface area contributed by atoms with E-state index in [-0.39, 0.29) is 19.6 Å². The van der Waals surface area contributed by atoms with Crippen molar-refractivity contribution < 1.29 is 10.2 Å². The van der Waals surface area contributed by atoms with E-state index in [1.165, 1.54) is 0 Å². The Morgan fingerprint density at radius 1 is 1.67 bits per heavy atom. The molecule has 0 bridgehead atoms. The summed E-state index contributed by atoms with van der Waals surface area (Å²) in [4.78, 5) is 2.44. The van der Waals surface area contributed by atoms with Gasteiger partial charge in [-0.25, -0.2) is 0 Å². The van der Waals surface area contributed by atoms with Crippen molar-refractivity contribution >= 4 is 0 Å². The molecule has 0 unspecified atom stereocenters. The summed E-state index contributed by atoms with van der Waals surface area (Å²) in [6, 6.07) is 0. The molecule has 0 aliphatic carbocycles. The van der Waals surface area contributed by atoms with Gasteiger partial charge in [-0.15, -0.1) is 0 Å². The molecule has 5 nitrogen and oxygen atoms in total. The molecule has 0 amide bonds. The second kappa shape index (κ2) is 5.37. The van der Waals surface area contributed by atoms with Crippen LogP contribution in [0.3, 0.4) is 0 Å². The van der Waals surface area contributed by atoms with Crippen molar-refractivity contribution in [3.8, 4) is 0 Å². The van der Waals surface area contributed by atoms with Gasteiger partial charge in [-0.2, -0.15) is 0 Å². The molecule has 9 heavy (non-hydrogen) atoms. The van der Waals surface area contributed by atoms with Crippen LogP contribution < -0.4 is 0 Å². The first-order valence-electron chi connectivity index (χ1n) is 2.61. The highest BCUT2D eigenvalue weighted by atomic mass is 16.3. The minimum atomic E-state index is -0.703. The van der Waals surface area contributed by atoms with Gasteiger partial charge in [0.1, 0.15) is 0 Å². The maximum Gasteiger partial charge on any atom is 0.0618 e. The van der Waals surface area contributed by atoms with Gasteiger partial charge in [0, 0.05) is 11.5 Å². The summed E-state index contributed by atoms with van der Waals surface area (Å²) in [6.45, 7) is -0.0425. The molecule has 0 fully saturated rings. The van der Waals surface area contributed by atoms with Crippen LogP contribution in [0.1, 0.15) is 6.42 Å². The lowest BCUT2D eigenvalue weighted by Crippen LogP contribution is -2.11. The van der Waals surface area contributed by atoms with Crippen LogP contribution in [0, 0.1) is 0 Å². The standard InChI is InChI=1S/C4H9N3O2/c5-7-6-3-4(9)1-2-8/h4,8-9H,1-3H2/t4-/m1/s1. The Bertz CT molecular complexity index is 110. The van der Waals surface area contributed by atoms with Crippen LogP contribution >= 0.6 is 0 Å². The highest BCUT2D eigenvalue weighted by molar-refractivity contribution is 4.57. The van der Waals surface area contributed by atoms with Crippen LogP contribution in [-0.2, 0) is 0 Å². The predicted octanol–water partition coefficient (Wildman–Crippen LogP) is 0.0400. The maximum absolute atomic E-state index is 8.76. The van der Waals surface area contributed by atoms with E-state index in [1.807, 2.05) is 0 Å². The van der Waals surface area contributed by atoms with Crippen molar-refractivity contribution in [2.75, 3.05) is 13.2 Å². The van der Waals surface area contributed by atoms with Crippen LogP contribution in [0.15, 0.2) is 5.11 Å². The van der Waals surface area contributed by atoms with Crippen LogP contribution in [0.25, 0.3) is 10.4 Å². The van der Waals surface area contributed by atoms with E-state index >= 15 is 0 Å². The Kier molecular flexibility index (Phi) is 4.91. The number of aliphatic hydroxyl groups is 2. The van der Waals surface area contributed by atoms with Crippen molar-refractivity contribution in [3.05, 3.63) is 10.4 Å². The van der Waals surface area contributed by atoms with Crippen LogP contribution in [0.5, 0.6) is 0 Å². The van der Waals surface area contributed by atoms with Gasteiger partial charge in [-0.05, 0) is 12.0 Å². The third-order valence-electron chi connectivity index (χ3n) is 0.818. The Morgan fingerprint density at radius 3 is 2.78 bits per heavy atom. The number of nitrogens with zero attached hydrogens (tertiary/aromatic N) is 3. The molecule has 0 spiro atoms. The Labute approximate surface area is 52.6 Å². The van der Waals surface area contributed by atoms with Crippen molar-refractivity contribution in [3.63, 3.8) is 0 Å². The Hall–Kier alpha value is -0.770. The summed E-state index contributed by atoms with van der Waals surface area (Å²) in [5.74, 6) is 0. The van der Waals surface area contributed by atoms with Crippen molar-refractivity contribution in [2.24, 2.45) is 5.11 Å². The molecule has 0 aromatic rings. The molecule has 0 saturated carbocycles. The van der Waals surface area contributed by atoms with E-state index < -0.39 is 6.10 Å². The lowest BCUT2D eigenvalue weighted by Gasteiger charge is -2.01. The number of azide groups is 1. The molecule has 52 valence electrons. The average molecular weight is 131 g/mol. The first-order chi connectivity index (χ1) is 4.31. The fraction of sp³-hybridized carbons (Fsp3) is 1.00. The third kappa shape index (κ3) is 5.10. The zero-order valence-electron chi connectivity index (χ0n) is 4.93. The van der Waals surface area contributed by atoms with Crippen molar-refractivity contribution in [2.45, 2.75) is 12.5 Å². The van der Waals surface area contributed by atoms with E-state index in [0.717, 1.165) is 0 Å². The molecule has 0 aliphatic heterocycles. The molecule has 5 heteroatoms. The third-order valence-corrected chi connectivity index (χ3v) is 0.818. The quantitative estimate of drug-likeness (QED) is 0.320. The molecular formula is C4H9N3O2. The smallest absolute Gasteiger partial charge is 0.0618 e. The average Bonchev–Trinajstić information content (AvgIpc) is 1.85. The summed E-state index contributed by atoms with van der Waals surface area (Å²) < 4.78 is 0. The van der Waals surface area contributed by atoms with Crippen LogP contribution in [-0.4, -0.2) is 29.5 Å². The summed E-state index contributed by atoms with van der Waals surface area (Å²) >= 11 is 0. The normalized spacial score (nSPS) is 12.2. The van der Waals surface area contributed by atoms with Crippen molar-refractivity contribution in [1.82, 2.24) is 0 Å². The van der Waals surface area contributed by atoms with Gasteiger partial charge < -0.3 is 10.2 Å². The molecule has 0 rings (SSSR count). The van der Waals surface area contributed by atoms with Crippen LogP contribution in [0.4, 0.5) is 0 Å². The molecule has 0 radical (unpaired) electrons. The highest BCUT2D eigenvalue weighted by Gasteiger charge is 1.98. The van der Waals surface area contributed by atoms with Gasteiger partial charge in [-0.3, -0.25) is 0 Å². The number of hydrogen-bond acceptors (Lipinski definition) is 3. The van der Waals surface area contributed by atoms with Gasteiger partial charge in [-0.1, -0.05) is 5.11 Å². The minimum absolute atomic E-state index is 0.0388. The van der Waals surface area contributed by atoms with E-state index in [9.17, 15) is 0 Å². The van der Waals surface area contributed by atoms with Gasteiger partial charge >= 0.3 is 0 Å². The zero-order chi connectivity index (χ0) is 7.11. The van der Waals surface area contributed by atoms with Gasteiger partial charge in [0.05, 0.1) is 12.6 Å². The number of aliphatic hydroxyl groups excluding tert-OH is 2. The van der Waals surface area contributed by atoms with Crippen molar-refractivity contribution in [1.29, 1.82) is 0 Å². The van der Waals surface area contributed by atoms with Gasteiger partial charge in [0.25, 0.3) is 0 Å². The second-order valence-corrected chi connectivity index (χ2v) is 1.58. The summed E-state index contributed by atoms with van der Waals surface area (Å²) in [5, 5.41) is 20.1. The summed E-state index contributed by atoms with van der Waals surface area (Å²) in [5.41, 5.74) is 7.77. The van der Waals surface area contributed by atoms with E-state index in [1.54, 1.807) is 0 Å². The number of rotatable bonds is 4. The van der Waals surface area contributed by atoms with Gasteiger partial charge in [0.2, 0.25) is 0 Å². The van der Waals surface area contributed by atoms with Crippen LogP contribution in [0.2, 0.25) is 0 Å². The monoisotopic (exact) mass is 131 g/mol. The topological polar surface area (TPSA) is 89.2 Å². The summed E-state index contributed by atoms with van der Waals surface area (Å²) in [7, 11) is 0. The minimum Gasteiger partial charge on any atom is -0.396 e. The fourth-order valence-electron chi connectivity index (χ4n) is 0.371. The first-order valence-corrected chi connectivity index (χ1v) is 2.61. The molecule has 0 aliphatic rings. The van der Waals surface area contributed by atoms with E-state index in [0.29, 0.717) is 0 Å². The first kappa shape index (κ1) is 8.23. The molecule has 1 atom stereocenters. The lowest BCUT2D eigenvalue weighted by molar-refractivity contribution is 0.139. The molecule has 0 heterocycles. The van der Waals surface area contributed by atoms with Gasteiger partial charge in [0.15, 0.2) is 0 Å². The SMILES string of the molecule is [N-]=[N+]=NC[C@H](O)CCO. The molecular weight excluding hydrogens is 122 g/mol. The molecule has 2 N–H and O–H groups in total. The highest BCUT2D eigenvalue weighted by Crippen LogP contribution is 1.89. The maximum atomic E-state index is 8.76. The number of hydrogen-bond donors (Lipinski definition) is 2. The summed E-state index contributed by atoms with van der Waals surface area (Å²) in [6.07, 6.45) is -0.440. The largest absolute Gasteiger partial charge is 0.396 e.